The van der Waals surface area contributed by atoms with Crippen LogP contribution in [0.2, 0.25) is 0 Å². The Kier molecular flexibility index (Phi) is 6.37. The summed E-state index contributed by atoms with van der Waals surface area (Å²) in [5.41, 5.74) is 3.32. The number of nitrogens with zero attached hydrogens (tertiary/aromatic N) is 3. The van der Waals surface area contributed by atoms with E-state index >= 15 is 0 Å². The molecule has 0 aliphatic carbocycles. The number of hydrogen-bond donors (Lipinski definition) is 1. The second kappa shape index (κ2) is 9.16. The third-order valence-electron chi connectivity index (χ3n) is 6.42. The molecular weight excluding hydrogens is 380 g/mol. The summed E-state index contributed by atoms with van der Waals surface area (Å²) >= 11 is 0. The van der Waals surface area contributed by atoms with Gasteiger partial charge in [0.1, 0.15) is 5.82 Å². The maximum atomic E-state index is 12.9. The lowest BCUT2D eigenvalue weighted by Crippen LogP contribution is -2.46. The molecule has 7 heteroatoms. The number of likely N-dealkylation sites (tertiary alicyclic amines) is 2. The molecule has 1 aromatic heterocycles. The van der Waals surface area contributed by atoms with Gasteiger partial charge in [0.15, 0.2) is 0 Å². The number of imidazole rings is 1. The van der Waals surface area contributed by atoms with E-state index in [4.69, 9.17) is 9.72 Å². The van der Waals surface area contributed by atoms with Crippen LogP contribution < -0.4 is 0 Å². The van der Waals surface area contributed by atoms with Crippen LogP contribution >= 0.6 is 0 Å². The van der Waals surface area contributed by atoms with Gasteiger partial charge in [-0.2, -0.15) is 0 Å². The normalized spacial score (nSPS) is 19.3. The van der Waals surface area contributed by atoms with Crippen LogP contribution in [0.4, 0.5) is 0 Å². The van der Waals surface area contributed by atoms with E-state index < -0.39 is 0 Å². The molecule has 0 spiro atoms. The number of ether oxygens (including phenoxy) is 1. The Labute approximate surface area is 177 Å². The van der Waals surface area contributed by atoms with Gasteiger partial charge in [0.05, 0.1) is 30.1 Å². The quantitative estimate of drug-likeness (QED) is 0.764. The first kappa shape index (κ1) is 20.8. The molecule has 30 heavy (non-hydrogen) atoms. The molecule has 0 radical (unpaired) electrons. The van der Waals surface area contributed by atoms with E-state index in [0.717, 1.165) is 62.2 Å². The highest BCUT2D eigenvalue weighted by Crippen LogP contribution is 2.25. The lowest BCUT2D eigenvalue weighted by Gasteiger charge is -2.36. The van der Waals surface area contributed by atoms with E-state index in [9.17, 15) is 9.59 Å². The highest BCUT2D eigenvalue weighted by Gasteiger charge is 2.33. The fourth-order valence-corrected chi connectivity index (χ4v) is 4.65. The number of aryl methyl sites for hydroxylation is 1. The molecule has 4 rings (SSSR count). The van der Waals surface area contributed by atoms with Gasteiger partial charge in [-0.1, -0.05) is 6.07 Å². The number of benzene rings is 1. The Morgan fingerprint density at radius 3 is 2.50 bits per heavy atom. The first-order valence-electron chi connectivity index (χ1n) is 11.2. The third-order valence-corrected chi connectivity index (χ3v) is 6.42. The third kappa shape index (κ3) is 4.67. The van der Waals surface area contributed by atoms with Crippen LogP contribution in [0.1, 0.15) is 44.0 Å². The summed E-state index contributed by atoms with van der Waals surface area (Å²) in [5, 5.41) is 0. The van der Waals surface area contributed by atoms with Crippen LogP contribution in [0.5, 0.6) is 0 Å². The Morgan fingerprint density at radius 1 is 1.10 bits per heavy atom. The van der Waals surface area contributed by atoms with Crippen molar-refractivity contribution in [3.8, 4) is 0 Å². The number of esters is 1. The van der Waals surface area contributed by atoms with Gasteiger partial charge >= 0.3 is 5.97 Å². The second-order valence-electron chi connectivity index (χ2n) is 8.61. The van der Waals surface area contributed by atoms with Crippen molar-refractivity contribution in [2.45, 2.75) is 46.1 Å². The van der Waals surface area contributed by atoms with Gasteiger partial charge < -0.3 is 14.6 Å². The van der Waals surface area contributed by atoms with Crippen LogP contribution in [-0.4, -0.2) is 64.4 Å². The summed E-state index contributed by atoms with van der Waals surface area (Å²) in [6.07, 6.45) is 3.20. The molecule has 1 aromatic carbocycles. The van der Waals surface area contributed by atoms with Crippen molar-refractivity contribution in [2.75, 3.05) is 32.8 Å². The first-order valence-corrected chi connectivity index (χ1v) is 11.2. The maximum Gasteiger partial charge on any atom is 0.309 e. The fraction of sp³-hybridized carbons (Fsp3) is 0.609. The standard InChI is InChI=1S/C23H32N4O3/c1-3-30-23(29)18-8-12-27(13-9-18)22(28)17-6-10-26(11-7-17)15-21-24-19-5-4-16(2)14-20(19)25-21/h4-5,14,17-18H,3,6-13,15H2,1-2H3,(H,24,25). The Morgan fingerprint density at radius 2 is 1.80 bits per heavy atom. The molecule has 3 heterocycles. The number of H-pyrrole nitrogens is 1. The van der Waals surface area contributed by atoms with Gasteiger partial charge in [-0.3, -0.25) is 14.5 Å². The summed E-state index contributed by atoms with van der Waals surface area (Å²) in [5.74, 6) is 1.18. The number of aromatic nitrogens is 2. The number of amides is 1. The number of nitrogens with one attached hydrogen (secondary N) is 1. The van der Waals surface area contributed by atoms with E-state index in [-0.39, 0.29) is 23.7 Å². The molecule has 1 amide bonds. The largest absolute Gasteiger partial charge is 0.466 e. The smallest absolute Gasteiger partial charge is 0.309 e. The molecule has 1 N–H and O–H groups in total. The minimum atomic E-state index is -0.112. The average molecular weight is 413 g/mol. The number of piperidine rings is 2. The van der Waals surface area contributed by atoms with Crippen LogP contribution in [0.25, 0.3) is 11.0 Å². The number of aromatic amines is 1. The van der Waals surface area contributed by atoms with Gasteiger partial charge in [-0.05, 0) is 70.3 Å². The number of rotatable bonds is 5. The number of hydrogen-bond acceptors (Lipinski definition) is 5. The van der Waals surface area contributed by atoms with E-state index in [0.29, 0.717) is 19.7 Å². The fourth-order valence-electron chi connectivity index (χ4n) is 4.65. The van der Waals surface area contributed by atoms with Crippen molar-refractivity contribution < 1.29 is 14.3 Å². The highest BCUT2D eigenvalue weighted by atomic mass is 16.5. The van der Waals surface area contributed by atoms with Crippen LogP contribution in [0.15, 0.2) is 18.2 Å². The van der Waals surface area contributed by atoms with Crippen LogP contribution in [0.3, 0.4) is 0 Å². The van der Waals surface area contributed by atoms with Crippen LogP contribution in [-0.2, 0) is 20.9 Å². The molecular formula is C23H32N4O3. The van der Waals surface area contributed by atoms with Crippen molar-refractivity contribution >= 4 is 22.9 Å². The minimum Gasteiger partial charge on any atom is -0.466 e. The zero-order valence-corrected chi connectivity index (χ0v) is 18.0. The summed E-state index contributed by atoms with van der Waals surface area (Å²) in [4.78, 5) is 37.3. The molecule has 0 atom stereocenters. The van der Waals surface area contributed by atoms with Gasteiger partial charge in [-0.15, -0.1) is 0 Å². The minimum absolute atomic E-state index is 0.0524. The monoisotopic (exact) mass is 412 g/mol. The van der Waals surface area contributed by atoms with Gasteiger partial charge in [0.2, 0.25) is 5.91 Å². The van der Waals surface area contributed by atoms with Crippen molar-refractivity contribution in [1.29, 1.82) is 0 Å². The number of fused-ring (bicyclic) bond motifs is 1. The van der Waals surface area contributed by atoms with Gasteiger partial charge in [0, 0.05) is 19.0 Å². The lowest BCUT2D eigenvalue weighted by molar-refractivity contribution is -0.152. The molecule has 0 unspecified atom stereocenters. The molecule has 7 nitrogen and oxygen atoms in total. The Hall–Kier alpha value is -2.41. The van der Waals surface area contributed by atoms with E-state index in [1.807, 2.05) is 11.8 Å². The summed E-state index contributed by atoms with van der Waals surface area (Å²) < 4.78 is 5.12. The molecule has 2 fully saturated rings. The molecule has 162 valence electrons. The highest BCUT2D eigenvalue weighted by molar-refractivity contribution is 5.80. The molecule has 2 saturated heterocycles. The van der Waals surface area contributed by atoms with E-state index in [1.165, 1.54) is 5.56 Å². The van der Waals surface area contributed by atoms with Crippen molar-refractivity contribution in [3.63, 3.8) is 0 Å². The summed E-state index contributed by atoms with van der Waals surface area (Å²) in [6.45, 7) is 8.28. The van der Waals surface area contributed by atoms with Gasteiger partial charge in [0.25, 0.3) is 0 Å². The first-order chi connectivity index (χ1) is 14.5. The predicted octanol–water partition coefficient (Wildman–Crippen LogP) is 2.89. The zero-order chi connectivity index (χ0) is 21.1. The SMILES string of the molecule is CCOC(=O)C1CCN(C(=O)C2CCN(Cc3nc4ccc(C)cc4[nH]3)CC2)CC1. The second-order valence-corrected chi connectivity index (χ2v) is 8.61. The van der Waals surface area contributed by atoms with Crippen LogP contribution in [0, 0.1) is 18.8 Å². The predicted molar refractivity (Wildman–Crippen MR) is 115 cm³/mol. The van der Waals surface area contributed by atoms with Crippen molar-refractivity contribution in [1.82, 2.24) is 19.8 Å². The molecule has 2 aliphatic heterocycles. The summed E-state index contributed by atoms with van der Waals surface area (Å²) in [7, 11) is 0. The molecule has 2 aliphatic rings. The van der Waals surface area contributed by atoms with Crippen molar-refractivity contribution in [3.05, 3.63) is 29.6 Å². The van der Waals surface area contributed by atoms with Crippen molar-refractivity contribution in [2.24, 2.45) is 11.8 Å². The average Bonchev–Trinajstić information content (AvgIpc) is 3.15. The van der Waals surface area contributed by atoms with E-state index in [1.54, 1.807) is 0 Å². The molecule has 2 aromatic rings. The maximum absolute atomic E-state index is 12.9. The molecule has 0 saturated carbocycles. The van der Waals surface area contributed by atoms with E-state index in [2.05, 4.69) is 35.0 Å². The number of carbonyl (C=O) groups is 2. The topological polar surface area (TPSA) is 78.5 Å². The Balaban J connectivity index is 1.25. The zero-order valence-electron chi connectivity index (χ0n) is 18.0. The summed E-state index contributed by atoms with van der Waals surface area (Å²) in [6, 6.07) is 6.27. The van der Waals surface area contributed by atoms with Gasteiger partial charge in [-0.25, -0.2) is 4.98 Å². The lowest BCUT2D eigenvalue weighted by atomic mass is 9.92. The molecule has 0 bridgehead atoms. The Bertz CT molecular complexity index is 893. The number of carbonyl (C=O) groups excluding carboxylic acids is 2.